The monoisotopic (exact) mass is 313 g/mol. The fraction of sp³-hybridized carbons (Fsp3) is 0.615. The zero-order valence-electron chi connectivity index (χ0n) is 12.0. The fourth-order valence-corrected chi connectivity index (χ4v) is 2.32. The van der Waals surface area contributed by atoms with E-state index < -0.39 is 36.8 Å². The Hall–Kier alpha value is -1.81. The molecule has 22 heavy (non-hydrogen) atoms. The van der Waals surface area contributed by atoms with E-state index in [0.717, 1.165) is 4.57 Å². The summed E-state index contributed by atoms with van der Waals surface area (Å²) in [5.74, 6) is -0.0284. The van der Waals surface area contributed by atoms with Crippen LogP contribution in [0, 0.1) is 0 Å². The lowest BCUT2D eigenvalue weighted by Crippen LogP contribution is -2.36. The number of carbonyl (C=O) groups is 1. The number of aryl methyl sites for hydroxylation is 1. The van der Waals surface area contributed by atoms with Crippen LogP contribution in [0.15, 0.2) is 11.0 Å². The van der Waals surface area contributed by atoms with Gasteiger partial charge >= 0.3 is 5.69 Å². The Morgan fingerprint density at radius 2 is 2.14 bits per heavy atom. The van der Waals surface area contributed by atoms with E-state index in [0.29, 0.717) is 12.0 Å². The van der Waals surface area contributed by atoms with Crippen molar-refractivity contribution < 1.29 is 24.9 Å². The highest BCUT2D eigenvalue weighted by molar-refractivity contribution is 5.75. The van der Waals surface area contributed by atoms with E-state index >= 15 is 0 Å². The van der Waals surface area contributed by atoms with Crippen LogP contribution in [-0.4, -0.2) is 55.6 Å². The summed E-state index contributed by atoms with van der Waals surface area (Å²) in [6.07, 6.45) is -2.99. The van der Waals surface area contributed by atoms with Gasteiger partial charge in [-0.3, -0.25) is 4.57 Å². The lowest BCUT2D eigenvalue weighted by molar-refractivity contribution is -0.116. The van der Waals surface area contributed by atoms with Crippen LogP contribution in [0.3, 0.4) is 0 Å². The van der Waals surface area contributed by atoms with Crippen molar-refractivity contribution in [3.8, 4) is 0 Å². The van der Waals surface area contributed by atoms with Gasteiger partial charge in [-0.05, 0) is 13.3 Å². The van der Waals surface area contributed by atoms with Crippen molar-refractivity contribution in [3.05, 3.63) is 22.2 Å². The number of carbonyl (C=O) groups excluding carboxylic acids is 1. The van der Waals surface area contributed by atoms with Gasteiger partial charge in [0, 0.05) is 18.2 Å². The van der Waals surface area contributed by atoms with E-state index in [-0.39, 0.29) is 18.0 Å². The second-order valence-corrected chi connectivity index (χ2v) is 5.27. The van der Waals surface area contributed by atoms with E-state index in [4.69, 9.17) is 15.6 Å². The van der Waals surface area contributed by atoms with Crippen LogP contribution < -0.4 is 11.4 Å². The van der Waals surface area contributed by atoms with Gasteiger partial charge in [0.15, 0.2) is 6.23 Å². The minimum absolute atomic E-state index is 0.00856. The molecule has 1 aliphatic heterocycles. The van der Waals surface area contributed by atoms with Crippen molar-refractivity contribution in [3.63, 3.8) is 0 Å². The summed E-state index contributed by atoms with van der Waals surface area (Å²) in [6.45, 7) is 0.939. The van der Waals surface area contributed by atoms with Gasteiger partial charge in [-0.15, -0.1) is 0 Å². The van der Waals surface area contributed by atoms with Crippen LogP contribution >= 0.6 is 0 Å². The number of nitrogens with zero attached hydrogens (tertiary/aromatic N) is 2. The number of aromatic nitrogens is 2. The molecule has 0 radical (unpaired) electrons. The van der Waals surface area contributed by atoms with Gasteiger partial charge in [-0.25, -0.2) is 4.79 Å². The Bertz CT molecular complexity index is 616. The third-order valence-corrected chi connectivity index (χ3v) is 3.60. The molecular formula is C13H19N3O6. The highest BCUT2D eigenvalue weighted by Gasteiger charge is 2.43. The number of hydrogen-bond acceptors (Lipinski definition) is 8. The number of aliphatic hydroxyl groups is 3. The van der Waals surface area contributed by atoms with Crippen LogP contribution in [0.5, 0.6) is 0 Å². The molecule has 9 nitrogen and oxygen atoms in total. The van der Waals surface area contributed by atoms with Crippen molar-refractivity contribution >= 4 is 11.6 Å². The minimum atomic E-state index is -1.39. The Balaban J connectivity index is 2.33. The quantitative estimate of drug-likeness (QED) is 0.486. The van der Waals surface area contributed by atoms with E-state index in [1.54, 1.807) is 0 Å². The van der Waals surface area contributed by atoms with Crippen molar-refractivity contribution in [1.82, 2.24) is 9.55 Å². The van der Waals surface area contributed by atoms with E-state index in [1.807, 2.05) is 0 Å². The van der Waals surface area contributed by atoms with Crippen molar-refractivity contribution in [2.45, 2.75) is 44.3 Å². The number of rotatable bonds is 5. The van der Waals surface area contributed by atoms with Gasteiger partial charge in [-0.1, -0.05) is 0 Å². The summed E-state index contributed by atoms with van der Waals surface area (Å²) in [6, 6.07) is 0. The molecule has 5 N–H and O–H groups in total. The molecule has 1 aromatic rings. The summed E-state index contributed by atoms with van der Waals surface area (Å²) in [5.41, 5.74) is 5.38. The van der Waals surface area contributed by atoms with Crippen LogP contribution in [0.1, 0.15) is 25.1 Å². The van der Waals surface area contributed by atoms with E-state index in [2.05, 4.69) is 4.98 Å². The molecule has 2 rings (SSSR count). The van der Waals surface area contributed by atoms with Crippen LogP contribution in [0.2, 0.25) is 0 Å². The molecule has 0 saturated carbocycles. The summed E-state index contributed by atoms with van der Waals surface area (Å²) < 4.78 is 6.30. The smallest absolute Gasteiger partial charge is 0.351 e. The lowest BCUT2D eigenvalue weighted by Gasteiger charge is -2.18. The Morgan fingerprint density at radius 1 is 1.45 bits per heavy atom. The van der Waals surface area contributed by atoms with Crippen molar-refractivity contribution in [2.24, 2.45) is 0 Å². The number of anilines is 1. The number of aliphatic hydroxyl groups excluding tert-OH is 3. The average molecular weight is 313 g/mol. The third-order valence-electron chi connectivity index (χ3n) is 3.60. The maximum Gasteiger partial charge on any atom is 0.351 e. The maximum atomic E-state index is 11.9. The number of hydrogen-bond donors (Lipinski definition) is 4. The SMILES string of the molecule is CC(=O)CCc1cn([C@@H]2O[C@H](CO)[C@@H](O)[C@@H]2O)c(=O)nc1N. The van der Waals surface area contributed by atoms with Gasteiger partial charge in [0.2, 0.25) is 0 Å². The highest BCUT2D eigenvalue weighted by atomic mass is 16.6. The number of ether oxygens (including phenoxy) is 1. The van der Waals surface area contributed by atoms with Gasteiger partial charge in [0.1, 0.15) is 29.9 Å². The van der Waals surface area contributed by atoms with Gasteiger partial charge in [0.25, 0.3) is 0 Å². The van der Waals surface area contributed by atoms with Crippen LogP contribution in [-0.2, 0) is 16.0 Å². The zero-order valence-corrected chi connectivity index (χ0v) is 12.0. The normalized spacial score (nSPS) is 28.0. The summed E-state index contributed by atoms with van der Waals surface area (Å²) >= 11 is 0. The molecule has 122 valence electrons. The molecule has 2 heterocycles. The number of Topliss-reactive ketones (excluding diaryl/α,β-unsaturated/α-hetero) is 1. The average Bonchev–Trinajstić information content (AvgIpc) is 2.74. The summed E-state index contributed by atoms with van der Waals surface area (Å²) in [4.78, 5) is 26.6. The number of ketones is 1. The van der Waals surface area contributed by atoms with Crippen molar-refractivity contribution in [1.29, 1.82) is 0 Å². The summed E-state index contributed by atoms with van der Waals surface area (Å²) in [7, 11) is 0. The van der Waals surface area contributed by atoms with Crippen molar-refractivity contribution in [2.75, 3.05) is 12.3 Å². The molecule has 0 spiro atoms. The molecule has 0 aliphatic carbocycles. The van der Waals surface area contributed by atoms with E-state index in [9.17, 15) is 19.8 Å². The molecule has 0 unspecified atom stereocenters. The Labute approximate surface area is 126 Å². The maximum absolute atomic E-state index is 11.9. The Morgan fingerprint density at radius 3 is 2.68 bits per heavy atom. The predicted molar refractivity (Wildman–Crippen MR) is 74.9 cm³/mol. The third kappa shape index (κ3) is 3.17. The standard InChI is InChI=1S/C13H19N3O6/c1-6(18)2-3-7-4-16(13(21)15-11(7)14)12-10(20)9(19)8(5-17)22-12/h4,8-10,12,17,19-20H,2-3,5H2,1H3,(H2,14,15,21)/t8-,9-,10+,12-/m1/s1. The van der Waals surface area contributed by atoms with Gasteiger partial charge in [-0.2, -0.15) is 4.98 Å². The second kappa shape index (κ2) is 6.53. The second-order valence-electron chi connectivity index (χ2n) is 5.27. The fourth-order valence-electron chi connectivity index (χ4n) is 2.32. The first-order valence-electron chi connectivity index (χ1n) is 6.84. The molecule has 1 saturated heterocycles. The molecule has 9 heteroatoms. The molecule has 1 aromatic heterocycles. The number of nitrogens with two attached hydrogens (primary N) is 1. The largest absolute Gasteiger partial charge is 0.394 e. The van der Waals surface area contributed by atoms with E-state index in [1.165, 1.54) is 13.1 Å². The minimum Gasteiger partial charge on any atom is -0.394 e. The first kappa shape index (κ1) is 16.6. The van der Waals surface area contributed by atoms with Gasteiger partial charge in [0.05, 0.1) is 6.61 Å². The zero-order chi connectivity index (χ0) is 16.4. The molecule has 0 aromatic carbocycles. The first-order valence-corrected chi connectivity index (χ1v) is 6.84. The van der Waals surface area contributed by atoms with Crippen LogP contribution in [0.4, 0.5) is 5.82 Å². The van der Waals surface area contributed by atoms with Crippen LogP contribution in [0.25, 0.3) is 0 Å². The Kier molecular flexibility index (Phi) is 4.91. The first-order chi connectivity index (χ1) is 10.3. The molecule has 1 fully saturated rings. The molecule has 4 atom stereocenters. The predicted octanol–water partition coefficient (Wildman–Crippen LogP) is -2.04. The molecular weight excluding hydrogens is 294 g/mol. The van der Waals surface area contributed by atoms with Gasteiger partial charge < -0.3 is 30.6 Å². The highest BCUT2D eigenvalue weighted by Crippen LogP contribution is 2.28. The topological polar surface area (TPSA) is 148 Å². The lowest BCUT2D eigenvalue weighted by atomic mass is 10.1. The molecule has 1 aliphatic rings. The molecule has 0 bridgehead atoms. The number of nitrogen functional groups attached to an aromatic ring is 1. The molecule has 0 amide bonds. The summed E-state index contributed by atoms with van der Waals surface area (Å²) in [5, 5.41) is 28.8.